The summed E-state index contributed by atoms with van der Waals surface area (Å²) in [7, 11) is 0. The Morgan fingerprint density at radius 3 is 3.22 bits per heavy atom. The number of likely N-dealkylation sites (tertiary alicyclic amines) is 1. The standard InChI is InChI=1S/C12H19N5S/c1-2-17-7-3-4-9(17)8-14-12-10(11(13)18)5-6-15-16-12/h5-6,9H,2-4,7-8H2,1H3,(H2,13,18)(H,14,16). The van der Waals surface area contributed by atoms with Crippen molar-refractivity contribution in [2.45, 2.75) is 25.8 Å². The summed E-state index contributed by atoms with van der Waals surface area (Å²) in [5.74, 6) is 0.688. The van der Waals surface area contributed by atoms with Gasteiger partial charge in [-0.3, -0.25) is 4.90 Å². The zero-order valence-corrected chi connectivity index (χ0v) is 11.4. The van der Waals surface area contributed by atoms with Crippen LogP contribution < -0.4 is 11.1 Å². The molecule has 0 saturated carbocycles. The van der Waals surface area contributed by atoms with Gasteiger partial charge in [-0.2, -0.15) is 5.10 Å². The molecule has 0 aromatic carbocycles. The smallest absolute Gasteiger partial charge is 0.158 e. The van der Waals surface area contributed by atoms with Crippen LogP contribution in [0.25, 0.3) is 0 Å². The largest absolute Gasteiger partial charge is 0.389 e. The van der Waals surface area contributed by atoms with Gasteiger partial charge in [-0.05, 0) is 32.0 Å². The van der Waals surface area contributed by atoms with Crippen molar-refractivity contribution in [3.05, 3.63) is 17.8 Å². The predicted molar refractivity (Wildman–Crippen MR) is 76.7 cm³/mol. The average molecular weight is 265 g/mol. The van der Waals surface area contributed by atoms with Crippen LogP contribution in [0.1, 0.15) is 25.3 Å². The molecule has 18 heavy (non-hydrogen) atoms. The first kappa shape index (κ1) is 13.2. The van der Waals surface area contributed by atoms with Crippen molar-refractivity contribution in [3.63, 3.8) is 0 Å². The maximum absolute atomic E-state index is 5.67. The Labute approximate surface area is 113 Å². The molecule has 98 valence electrons. The maximum atomic E-state index is 5.67. The highest BCUT2D eigenvalue weighted by atomic mass is 32.1. The number of nitrogens with one attached hydrogen (secondary N) is 1. The second kappa shape index (κ2) is 6.06. The Hall–Kier alpha value is -1.27. The second-order valence-electron chi connectivity index (χ2n) is 4.46. The molecule has 0 aliphatic carbocycles. The van der Waals surface area contributed by atoms with Crippen LogP contribution in [0.2, 0.25) is 0 Å². The number of aromatic nitrogens is 2. The van der Waals surface area contributed by atoms with E-state index in [1.807, 2.05) is 0 Å². The molecule has 1 atom stereocenters. The fourth-order valence-electron chi connectivity index (χ4n) is 2.42. The lowest BCUT2D eigenvalue weighted by Gasteiger charge is -2.23. The van der Waals surface area contributed by atoms with Crippen LogP contribution in [-0.4, -0.2) is 45.8 Å². The number of rotatable bonds is 5. The molecule has 1 aliphatic heterocycles. The molecule has 1 aromatic rings. The number of nitrogens with two attached hydrogens (primary N) is 1. The fraction of sp³-hybridized carbons (Fsp3) is 0.583. The van der Waals surface area contributed by atoms with Crippen LogP contribution in [0.4, 0.5) is 5.82 Å². The van der Waals surface area contributed by atoms with Crippen molar-refractivity contribution >= 4 is 23.0 Å². The van der Waals surface area contributed by atoms with Gasteiger partial charge in [0, 0.05) is 12.6 Å². The van der Waals surface area contributed by atoms with E-state index in [0.29, 0.717) is 16.8 Å². The number of likely N-dealkylation sites (N-methyl/N-ethyl adjacent to an activating group) is 1. The second-order valence-corrected chi connectivity index (χ2v) is 4.90. The Balaban J connectivity index is 2.00. The third kappa shape index (κ3) is 2.94. The van der Waals surface area contributed by atoms with Gasteiger partial charge in [-0.25, -0.2) is 0 Å². The summed E-state index contributed by atoms with van der Waals surface area (Å²) in [5, 5.41) is 11.3. The maximum Gasteiger partial charge on any atom is 0.158 e. The first-order chi connectivity index (χ1) is 8.72. The van der Waals surface area contributed by atoms with E-state index in [1.54, 1.807) is 12.3 Å². The number of anilines is 1. The molecule has 0 amide bonds. The highest BCUT2D eigenvalue weighted by Gasteiger charge is 2.22. The van der Waals surface area contributed by atoms with Gasteiger partial charge in [0.1, 0.15) is 4.99 Å². The molecule has 1 fully saturated rings. The monoisotopic (exact) mass is 265 g/mol. The summed E-state index contributed by atoms with van der Waals surface area (Å²) >= 11 is 5.00. The molecule has 1 aliphatic rings. The Morgan fingerprint density at radius 2 is 2.50 bits per heavy atom. The van der Waals surface area contributed by atoms with Crippen LogP contribution in [-0.2, 0) is 0 Å². The number of nitrogens with zero attached hydrogens (tertiary/aromatic N) is 3. The number of thiocarbonyl (C=S) groups is 1. The van der Waals surface area contributed by atoms with Crippen molar-refractivity contribution in [1.82, 2.24) is 15.1 Å². The molecule has 0 spiro atoms. The normalized spacial score (nSPS) is 19.9. The number of hydrogen-bond acceptors (Lipinski definition) is 5. The van der Waals surface area contributed by atoms with Crippen molar-refractivity contribution in [3.8, 4) is 0 Å². The average Bonchev–Trinajstić information content (AvgIpc) is 2.84. The topological polar surface area (TPSA) is 67.1 Å². The van der Waals surface area contributed by atoms with E-state index in [-0.39, 0.29) is 0 Å². The molecule has 1 aromatic heterocycles. The van der Waals surface area contributed by atoms with E-state index >= 15 is 0 Å². The van der Waals surface area contributed by atoms with Gasteiger partial charge in [0.15, 0.2) is 5.82 Å². The fourth-order valence-corrected chi connectivity index (χ4v) is 2.58. The van der Waals surface area contributed by atoms with Crippen LogP contribution in [0.3, 0.4) is 0 Å². The van der Waals surface area contributed by atoms with Gasteiger partial charge >= 0.3 is 0 Å². The molecule has 0 radical (unpaired) electrons. The van der Waals surface area contributed by atoms with Crippen LogP contribution >= 0.6 is 12.2 Å². The van der Waals surface area contributed by atoms with Crippen molar-refractivity contribution in [1.29, 1.82) is 0 Å². The highest BCUT2D eigenvalue weighted by molar-refractivity contribution is 7.80. The van der Waals surface area contributed by atoms with E-state index in [2.05, 4.69) is 27.3 Å². The Morgan fingerprint density at radius 1 is 1.67 bits per heavy atom. The predicted octanol–water partition coefficient (Wildman–Crippen LogP) is 1.01. The van der Waals surface area contributed by atoms with E-state index in [0.717, 1.165) is 18.7 Å². The zero-order valence-electron chi connectivity index (χ0n) is 10.6. The highest BCUT2D eigenvalue weighted by Crippen LogP contribution is 2.18. The van der Waals surface area contributed by atoms with E-state index in [1.165, 1.54) is 19.4 Å². The van der Waals surface area contributed by atoms with Crippen LogP contribution in [0, 0.1) is 0 Å². The Bertz CT molecular complexity index is 423. The minimum absolute atomic E-state index is 0.353. The van der Waals surface area contributed by atoms with E-state index < -0.39 is 0 Å². The summed E-state index contributed by atoms with van der Waals surface area (Å²) in [5.41, 5.74) is 6.43. The van der Waals surface area contributed by atoms with Crippen molar-refractivity contribution < 1.29 is 0 Å². The molecule has 2 heterocycles. The molecular weight excluding hydrogens is 246 g/mol. The molecule has 2 rings (SSSR count). The number of hydrogen-bond donors (Lipinski definition) is 2. The lowest BCUT2D eigenvalue weighted by Crippen LogP contribution is -2.35. The van der Waals surface area contributed by atoms with Gasteiger partial charge in [0.2, 0.25) is 0 Å². The van der Waals surface area contributed by atoms with Gasteiger partial charge in [-0.15, -0.1) is 5.10 Å². The lowest BCUT2D eigenvalue weighted by atomic mass is 10.2. The van der Waals surface area contributed by atoms with Gasteiger partial charge in [0.25, 0.3) is 0 Å². The van der Waals surface area contributed by atoms with Crippen molar-refractivity contribution in [2.75, 3.05) is 25.0 Å². The van der Waals surface area contributed by atoms with Crippen molar-refractivity contribution in [2.24, 2.45) is 5.73 Å². The molecule has 3 N–H and O–H groups in total. The van der Waals surface area contributed by atoms with E-state index in [9.17, 15) is 0 Å². The third-order valence-corrected chi connectivity index (χ3v) is 3.62. The zero-order chi connectivity index (χ0) is 13.0. The molecule has 5 nitrogen and oxygen atoms in total. The molecule has 0 bridgehead atoms. The van der Waals surface area contributed by atoms with Gasteiger partial charge in [-0.1, -0.05) is 19.1 Å². The summed E-state index contributed by atoms with van der Waals surface area (Å²) in [4.78, 5) is 2.83. The molecule has 1 unspecified atom stereocenters. The van der Waals surface area contributed by atoms with E-state index in [4.69, 9.17) is 18.0 Å². The minimum atomic E-state index is 0.353. The van der Waals surface area contributed by atoms with Crippen LogP contribution in [0.15, 0.2) is 12.3 Å². The molecular formula is C12H19N5S. The van der Waals surface area contributed by atoms with Crippen LogP contribution in [0.5, 0.6) is 0 Å². The molecule has 6 heteroatoms. The minimum Gasteiger partial charge on any atom is -0.389 e. The Kier molecular flexibility index (Phi) is 4.43. The summed E-state index contributed by atoms with van der Waals surface area (Å²) in [6.07, 6.45) is 4.10. The summed E-state index contributed by atoms with van der Waals surface area (Å²) in [6.45, 7) is 5.34. The summed E-state index contributed by atoms with van der Waals surface area (Å²) in [6, 6.07) is 2.36. The van der Waals surface area contributed by atoms with Gasteiger partial charge in [0.05, 0.1) is 11.8 Å². The first-order valence-electron chi connectivity index (χ1n) is 6.31. The quantitative estimate of drug-likeness (QED) is 0.775. The van der Waals surface area contributed by atoms with Gasteiger partial charge < -0.3 is 11.1 Å². The SMILES string of the molecule is CCN1CCCC1CNc1nnccc1C(N)=S. The molecule has 1 saturated heterocycles. The third-order valence-electron chi connectivity index (χ3n) is 3.40. The summed E-state index contributed by atoms with van der Waals surface area (Å²) < 4.78 is 0. The lowest BCUT2D eigenvalue weighted by molar-refractivity contribution is 0.277. The first-order valence-corrected chi connectivity index (χ1v) is 6.72.